The number of nitrogens with two attached hydrogens (primary N) is 2. The molecule has 0 radical (unpaired) electrons. The standard InChI is InChI=1S/C49H66N2O2/c1-6-7-8-9-10-11-12-15-38-20-22-39(23-21-38)40-24-26-49(27-25-40,41-28-34(2)47(35(3)29-41)52-45-18-13-16-43(50)32-45)42-30-36(4)48(37(5)31-42)53-46-19-14-17-44(51)33-46/h13-14,16-19,28-33,38-40H,6-12,15,20-27,50-51H2,1-5H3/t38-,39-. The average molecular weight is 715 g/mol. The summed E-state index contributed by atoms with van der Waals surface area (Å²) >= 11 is 0. The van der Waals surface area contributed by atoms with Crippen LogP contribution in [0.4, 0.5) is 11.4 Å². The first-order chi connectivity index (χ1) is 25.6. The molecule has 0 unspecified atom stereocenters. The van der Waals surface area contributed by atoms with Crippen LogP contribution in [-0.4, -0.2) is 0 Å². The van der Waals surface area contributed by atoms with E-state index in [0.717, 1.165) is 53.6 Å². The minimum atomic E-state index is -0.0682. The normalized spacial score (nSPS) is 18.9. The second kappa shape index (κ2) is 17.9. The van der Waals surface area contributed by atoms with Crippen LogP contribution in [0.5, 0.6) is 23.0 Å². The van der Waals surface area contributed by atoms with Gasteiger partial charge in [0.2, 0.25) is 0 Å². The van der Waals surface area contributed by atoms with Crippen molar-refractivity contribution in [2.45, 2.75) is 143 Å². The molecule has 2 aliphatic carbocycles. The van der Waals surface area contributed by atoms with Crippen molar-refractivity contribution in [3.63, 3.8) is 0 Å². The number of anilines is 2. The molecule has 2 fully saturated rings. The summed E-state index contributed by atoms with van der Waals surface area (Å²) in [4.78, 5) is 0. The highest BCUT2D eigenvalue weighted by Crippen LogP contribution is 2.52. The van der Waals surface area contributed by atoms with E-state index in [2.05, 4.69) is 58.9 Å². The molecular formula is C49H66N2O2. The molecule has 4 heteroatoms. The lowest BCUT2D eigenvalue weighted by Gasteiger charge is -2.45. The SMILES string of the molecule is CCCCCCCCC[C@H]1CC[C@H](C2CCC(c3cc(C)c(Oc4cccc(N)c4)c(C)c3)(c3cc(C)c(Oc4cccc(N)c4)c(C)c3)CC2)CC1. The summed E-state index contributed by atoms with van der Waals surface area (Å²) in [5.41, 5.74) is 21.0. The fraction of sp³-hybridized carbons (Fsp3) is 0.510. The molecule has 2 saturated carbocycles. The minimum absolute atomic E-state index is 0.0682. The van der Waals surface area contributed by atoms with Crippen molar-refractivity contribution in [2.24, 2.45) is 17.8 Å². The zero-order valence-electron chi connectivity index (χ0n) is 33.4. The topological polar surface area (TPSA) is 70.5 Å². The summed E-state index contributed by atoms with van der Waals surface area (Å²) in [7, 11) is 0. The molecule has 4 nitrogen and oxygen atoms in total. The zero-order valence-corrected chi connectivity index (χ0v) is 33.4. The number of unbranched alkanes of at least 4 members (excludes halogenated alkanes) is 6. The molecule has 284 valence electrons. The van der Waals surface area contributed by atoms with E-state index in [0.29, 0.717) is 11.4 Å². The van der Waals surface area contributed by atoms with Crippen LogP contribution >= 0.6 is 0 Å². The molecule has 53 heavy (non-hydrogen) atoms. The van der Waals surface area contributed by atoms with Crippen molar-refractivity contribution in [1.82, 2.24) is 0 Å². The van der Waals surface area contributed by atoms with Crippen LogP contribution in [0.1, 0.15) is 143 Å². The smallest absolute Gasteiger partial charge is 0.133 e. The van der Waals surface area contributed by atoms with Gasteiger partial charge in [-0.3, -0.25) is 0 Å². The molecule has 2 aliphatic rings. The average Bonchev–Trinajstić information content (AvgIpc) is 3.14. The molecule has 0 atom stereocenters. The van der Waals surface area contributed by atoms with Gasteiger partial charge in [0.25, 0.3) is 0 Å². The Kier molecular flexibility index (Phi) is 13.1. The fourth-order valence-electron chi connectivity index (χ4n) is 9.85. The summed E-state index contributed by atoms with van der Waals surface area (Å²) in [6, 6.07) is 25.1. The Balaban J connectivity index is 1.21. The molecule has 0 heterocycles. The van der Waals surface area contributed by atoms with Crippen LogP contribution in [-0.2, 0) is 5.41 Å². The molecule has 4 N–H and O–H groups in total. The van der Waals surface area contributed by atoms with Crippen molar-refractivity contribution in [3.8, 4) is 23.0 Å². The van der Waals surface area contributed by atoms with Gasteiger partial charge < -0.3 is 20.9 Å². The summed E-state index contributed by atoms with van der Waals surface area (Å²) in [5, 5.41) is 0. The third-order valence-electron chi connectivity index (χ3n) is 12.8. The van der Waals surface area contributed by atoms with E-state index >= 15 is 0 Å². The summed E-state index contributed by atoms with van der Waals surface area (Å²) in [6.07, 6.45) is 22.0. The van der Waals surface area contributed by atoms with Crippen LogP contribution in [0.2, 0.25) is 0 Å². The van der Waals surface area contributed by atoms with Crippen molar-refractivity contribution in [2.75, 3.05) is 11.5 Å². The second-order valence-electron chi connectivity index (χ2n) is 16.8. The van der Waals surface area contributed by atoms with E-state index in [1.165, 1.54) is 123 Å². The van der Waals surface area contributed by atoms with E-state index < -0.39 is 0 Å². The maximum Gasteiger partial charge on any atom is 0.133 e. The molecule has 4 aromatic carbocycles. The van der Waals surface area contributed by atoms with Crippen LogP contribution < -0.4 is 20.9 Å². The molecular weight excluding hydrogens is 649 g/mol. The molecule has 0 amide bonds. The molecule has 0 saturated heterocycles. The van der Waals surface area contributed by atoms with Gasteiger partial charge in [0.05, 0.1) is 0 Å². The largest absolute Gasteiger partial charge is 0.457 e. The monoisotopic (exact) mass is 715 g/mol. The van der Waals surface area contributed by atoms with Gasteiger partial charge in [-0.25, -0.2) is 0 Å². The van der Waals surface area contributed by atoms with E-state index in [-0.39, 0.29) is 5.41 Å². The van der Waals surface area contributed by atoms with Crippen molar-refractivity contribution in [3.05, 3.63) is 106 Å². The fourth-order valence-corrected chi connectivity index (χ4v) is 9.85. The van der Waals surface area contributed by atoms with Gasteiger partial charge in [-0.15, -0.1) is 0 Å². The lowest BCUT2D eigenvalue weighted by molar-refractivity contribution is 0.140. The number of ether oxygens (including phenoxy) is 2. The second-order valence-corrected chi connectivity index (χ2v) is 16.8. The van der Waals surface area contributed by atoms with Crippen molar-refractivity contribution >= 4 is 11.4 Å². The molecule has 0 spiro atoms. The Morgan fingerprint density at radius 3 is 1.43 bits per heavy atom. The molecule has 0 bridgehead atoms. The third kappa shape index (κ3) is 9.61. The van der Waals surface area contributed by atoms with Gasteiger partial charge in [-0.1, -0.05) is 108 Å². The highest BCUT2D eigenvalue weighted by Gasteiger charge is 2.42. The number of hydrogen-bond donors (Lipinski definition) is 2. The number of hydrogen-bond acceptors (Lipinski definition) is 4. The van der Waals surface area contributed by atoms with Gasteiger partial charge in [-0.2, -0.15) is 0 Å². The van der Waals surface area contributed by atoms with E-state index in [4.69, 9.17) is 20.9 Å². The van der Waals surface area contributed by atoms with Gasteiger partial charge in [0.1, 0.15) is 23.0 Å². The maximum absolute atomic E-state index is 6.47. The van der Waals surface area contributed by atoms with Crippen molar-refractivity contribution in [1.29, 1.82) is 0 Å². The van der Waals surface area contributed by atoms with Crippen molar-refractivity contribution < 1.29 is 9.47 Å². The van der Waals surface area contributed by atoms with Crippen LogP contribution in [0.3, 0.4) is 0 Å². The quantitative estimate of drug-likeness (QED) is 0.0950. The molecule has 0 aliphatic heterocycles. The summed E-state index contributed by atoms with van der Waals surface area (Å²) < 4.78 is 12.9. The summed E-state index contributed by atoms with van der Waals surface area (Å²) in [6.45, 7) is 11.1. The lowest BCUT2D eigenvalue weighted by Crippen LogP contribution is -2.36. The Labute approximate surface area is 321 Å². The Bertz CT molecular complexity index is 1640. The number of aryl methyl sites for hydroxylation is 4. The van der Waals surface area contributed by atoms with E-state index in [9.17, 15) is 0 Å². The highest BCUT2D eigenvalue weighted by atomic mass is 16.5. The predicted octanol–water partition coefficient (Wildman–Crippen LogP) is 14.1. The first-order valence-electron chi connectivity index (χ1n) is 21.0. The highest BCUT2D eigenvalue weighted by molar-refractivity contribution is 5.55. The predicted molar refractivity (Wildman–Crippen MR) is 224 cm³/mol. The lowest BCUT2D eigenvalue weighted by atomic mass is 9.59. The third-order valence-corrected chi connectivity index (χ3v) is 12.8. The molecule has 0 aromatic heterocycles. The first-order valence-corrected chi connectivity index (χ1v) is 21.0. The number of rotatable bonds is 15. The Morgan fingerprint density at radius 2 is 0.981 bits per heavy atom. The van der Waals surface area contributed by atoms with Crippen LogP contribution in [0.15, 0.2) is 72.8 Å². The first kappa shape index (κ1) is 38.8. The van der Waals surface area contributed by atoms with Gasteiger partial charge in [0.15, 0.2) is 0 Å². The number of nitrogen functional groups attached to an aromatic ring is 2. The molecule has 4 aromatic rings. The maximum atomic E-state index is 6.47. The van der Waals surface area contributed by atoms with Crippen LogP contribution in [0, 0.1) is 45.4 Å². The zero-order chi connectivity index (χ0) is 37.4. The van der Waals surface area contributed by atoms with Gasteiger partial charge >= 0.3 is 0 Å². The molecule has 6 rings (SSSR count). The Hall–Kier alpha value is -3.92. The minimum Gasteiger partial charge on any atom is -0.457 e. The van der Waals surface area contributed by atoms with Gasteiger partial charge in [0, 0.05) is 28.9 Å². The number of benzene rings is 4. The Morgan fingerprint density at radius 1 is 0.547 bits per heavy atom. The summed E-state index contributed by atoms with van der Waals surface area (Å²) in [5.74, 6) is 6.07. The van der Waals surface area contributed by atoms with E-state index in [1.807, 2.05) is 48.5 Å². The van der Waals surface area contributed by atoms with Crippen LogP contribution in [0.25, 0.3) is 0 Å². The van der Waals surface area contributed by atoms with E-state index in [1.54, 1.807) is 0 Å². The van der Waals surface area contributed by atoms with Gasteiger partial charge in [-0.05, 0) is 142 Å².